The molecule has 0 aromatic heterocycles. The Morgan fingerprint density at radius 1 is 0.738 bits per heavy atom. The van der Waals surface area contributed by atoms with E-state index >= 15 is 0 Å². The second-order valence-corrected chi connectivity index (χ2v) is 11.3. The summed E-state index contributed by atoms with van der Waals surface area (Å²) in [6.07, 6.45) is 10.8. The van der Waals surface area contributed by atoms with Crippen LogP contribution in [0.5, 0.6) is 0 Å². The molecule has 240 valence electrons. The number of hydrogen-bond donors (Lipinski definition) is 3. The Labute approximate surface area is 265 Å². The van der Waals surface area contributed by atoms with Crippen molar-refractivity contribution in [1.29, 1.82) is 0 Å². The number of aliphatic carboxylic acids is 1. The number of carboxylic acids is 1. The van der Waals surface area contributed by atoms with E-state index in [1.54, 1.807) is 48.5 Å². The van der Waals surface area contributed by atoms with Gasteiger partial charge < -0.3 is 35.4 Å². The summed E-state index contributed by atoms with van der Waals surface area (Å²) in [5.41, 5.74) is -1.22. The molecule has 0 aliphatic rings. The fourth-order valence-corrected chi connectivity index (χ4v) is 3.28. The van der Waals surface area contributed by atoms with E-state index in [1.807, 2.05) is 12.2 Å². The van der Waals surface area contributed by atoms with E-state index in [0.29, 0.717) is 19.4 Å². The van der Waals surface area contributed by atoms with Crippen LogP contribution in [0.4, 0.5) is 9.59 Å². The molecule has 11 nitrogen and oxygen atoms in total. The van der Waals surface area contributed by atoms with Gasteiger partial charge in [0.2, 0.25) is 0 Å². The summed E-state index contributed by atoms with van der Waals surface area (Å²) < 4.78 is 15.2. The number of carboxylic acid groups (broad SMARTS) is 1. The van der Waals surface area contributed by atoms with Crippen LogP contribution in [0.15, 0.2) is 25.3 Å². The Morgan fingerprint density at radius 3 is 1.45 bits per heavy atom. The Bertz CT molecular complexity index is 778. The third-order valence-corrected chi connectivity index (χ3v) is 5.05. The summed E-state index contributed by atoms with van der Waals surface area (Å²) >= 11 is 0. The van der Waals surface area contributed by atoms with Gasteiger partial charge in [-0.1, -0.05) is 37.8 Å². The van der Waals surface area contributed by atoms with Crippen molar-refractivity contribution in [1.82, 2.24) is 10.6 Å². The van der Waals surface area contributed by atoms with Crippen molar-refractivity contribution in [3.8, 4) is 0 Å². The van der Waals surface area contributed by atoms with E-state index < -0.39 is 47.4 Å². The minimum absolute atomic E-state index is 0. The van der Waals surface area contributed by atoms with Crippen molar-refractivity contribution in [2.75, 3.05) is 6.61 Å². The standard InChI is InChI=1S/C16H29NO4.C14H25NO4.Li.H2O/c1-6-8-9-10-11-12-13(14(18)20-7-2)17-15(19)21-16(3,4)5;1-5-6-7-8-9-10-11(12(16)17)15-13(18)19-14(2,3)4;;/h6,13H,1,7-12H2,2-5H3,(H,17,19);5,11H,1,6-10H2,2-4H3,(H,15,18)(H,16,17);;1H2/q;;+1;/p-1/t13-;11-;;/m10../s1. The molecule has 0 radical (unpaired) electrons. The van der Waals surface area contributed by atoms with Gasteiger partial charge in [0, 0.05) is 0 Å². The van der Waals surface area contributed by atoms with E-state index in [9.17, 15) is 19.2 Å². The predicted molar refractivity (Wildman–Crippen MR) is 159 cm³/mol. The number of carbonyl (C=O) groups excluding carboxylic acids is 3. The number of unbranched alkanes of at least 4 members (excludes halogenated alkanes) is 6. The molecule has 2 atom stereocenters. The van der Waals surface area contributed by atoms with Crippen LogP contribution in [0, 0.1) is 0 Å². The molecule has 0 aliphatic carbocycles. The minimum atomic E-state index is -1.03. The summed E-state index contributed by atoms with van der Waals surface area (Å²) in [4.78, 5) is 46.1. The molecule has 2 amide bonds. The van der Waals surface area contributed by atoms with Crippen molar-refractivity contribution < 1.29 is 62.8 Å². The molecule has 0 saturated carbocycles. The van der Waals surface area contributed by atoms with E-state index in [1.165, 1.54) is 0 Å². The number of amides is 2. The smallest absolute Gasteiger partial charge is 0.870 e. The van der Waals surface area contributed by atoms with Crippen LogP contribution in [0.2, 0.25) is 0 Å². The first-order chi connectivity index (χ1) is 18.6. The Kier molecular flexibility index (Phi) is 29.0. The third-order valence-electron chi connectivity index (χ3n) is 5.05. The van der Waals surface area contributed by atoms with E-state index in [4.69, 9.17) is 19.3 Å². The molecular weight excluding hydrogens is 539 g/mol. The molecule has 0 saturated heterocycles. The molecule has 0 fully saturated rings. The fourth-order valence-electron chi connectivity index (χ4n) is 3.28. The minimum Gasteiger partial charge on any atom is -0.870 e. The molecule has 42 heavy (non-hydrogen) atoms. The number of nitrogens with one attached hydrogen (secondary N) is 2. The van der Waals surface area contributed by atoms with Crippen LogP contribution in [0.1, 0.15) is 113 Å². The maximum Gasteiger partial charge on any atom is 1.00 e. The monoisotopic (exact) mass is 594 g/mol. The molecule has 0 spiro atoms. The molecule has 12 heteroatoms. The molecule has 0 aromatic rings. The van der Waals surface area contributed by atoms with Gasteiger partial charge in [0.05, 0.1) is 6.61 Å². The number of hydrogen-bond acceptors (Lipinski definition) is 8. The second kappa shape index (κ2) is 26.2. The maximum atomic E-state index is 11.9. The molecule has 0 aliphatic heterocycles. The Balaban J connectivity index is -0.000000330. The summed E-state index contributed by atoms with van der Waals surface area (Å²) in [7, 11) is 0. The molecule has 0 aromatic carbocycles. The predicted octanol–water partition coefficient (Wildman–Crippen LogP) is 3.51. The third kappa shape index (κ3) is 30.5. The molecule has 0 unspecified atom stereocenters. The Hall–Kier alpha value is -2.48. The van der Waals surface area contributed by atoms with Gasteiger partial charge in [-0.15, -0.1) is 13.2 Å². The van der Waals surface area contributed by atoms with Gasteiger partial charge in [-0.05, 0) is 87.0 Å². The van der Waals surface area contributed by atoms with Gasteiger partial charge in [0.25, 0.3) is 0 Å². The van der Waals surface area contributed by atoms with Gasteiger partial charge in [-0.2, -0.15) is 0 Å². The first-order valence-corrected chi connectivity index (χ1v) is 14.2. The Morgan fingerprint density at radius 2 is 1.12 bits per heavy atom. The quantitative estimate of drug-likeness (QED) is 0.0749. The number of allylic oxidation sites excluding steroid dienone is 2. The topological polar surface area (TPSA) is 170 Å². The first-order valence-electron chi connectivity index (χ1n) is 14.2. The van der Waals surface area contributed by atoms with Gasteiger partial charge >= 0.3 is 43.0 Å². The average molecular weight is 595 g/mol. The van der Waals surface area contributed by atoms with Crippen LogP contribution < -0.4 is 29.5 Å². The molecule has 4 N–H and O–H groups in total. The summed E-state index contributed by atoms with van der Waals surface area (Å²) in [6.45, 7) is 19.9. The van der Waals surface area contributed by atoms with Gasteiger partial charge in [-0.3, -0.25) is 0 Å². The number of ether oxygens (including phenoxy) is 3. The summed E-state index contributed by atoms with van der Waals surface area (Å²) in [5.74, 6) is -1.44. The van der Waals surface area contributed by atoms with Crippen LogP contribution in [0.3, 0.4) is 0 Å². The zero-order valence-corrected chi connectivity index (χ0v) is 27.3. The normalized spacial score (nSPS) is 11.9. The number of carbonyl (C=O) groups is 4. The summed E-state index contributed by atoms with van der Waals surface area (Å²) in [5, 5.41) is 14.0. The largest absolute Gasteiger partial charge is 1.00 e. The first kappa shape index (κ1) is 46.5. The number of alkyl carbamates (subject to hydrolysis) is 2. The van der Waals surface area contributed by atoms with Crippen LogP contribution in [-0.2, 0) is 23.8 Å². The molecular formula is C30H55LiN2O9. The van der Waals surface area contributed by atoms with Gasteiger partial charge in [0.1, 0.15) is 23.3 Å². The zero-order chi connectivity index (χ0) is 31.2. The molecule has 0 rings (SSSR count). The molecule has 0 heterocycles. The maximum absolute atomic E-state index is 11.9. The van der Waals surface area contributed by atoms with Crippen LogP contribution in [-0.4, -0.2) is 64.6 Å². The van der Waals surface area contributed by atoms with Crippen LogP contribution >= 0.6 is 0 Å². The SMILES string of the molecule is C=CCCCCC[C@@H](NC(=O)OC(C)(C)C)C(=O)OCC.C=CCCCCC[C@H](NC(=O)OC(C)(C)C)C(=O)O.[Li+].[OH-]. The number of esters is 1. The van der Waals surface area contributed by atoms with E-state index in [2.05, 4.69) is 23.8 Å². The zero-order valence-electron chi connectivity index (χ0n) is 27.3. The van der Waals surface area contributed by atoms with Gasteiger partial charge in [-0.25, -0.2) is 19.2 Å². The second-order valence-electron chi connectivity index (χ2n) is 11.3. The van der Waals surface area contributed by atoms with E-state index in [0.717, 1.165) is 51.4 Å². The average Bonchev–Trinajstić information content (AvgIpc) is 2.80. The summed E-state index contributed by atoms with van der Waals surface area (Å²) in [6, 6.07) is -1.54. The molecule has 0 bridgehead atoms. The van der Waals surface area contributed by atoms with Crippen molar-refractivity contribution in [2.45, 2.75) is 136 Å². The van der Waals surface area contributed by atoms with Crippen molar-refractivity contribution in [3.05, 3.63) is 25.3 Å². The van der Waals surface area contributed by atoms with Gasteiger partial charge in [0.15, 0.2) is 0 Å². The van der Waals surface area contributed by atoms with Crippen molar-refractivity contribution in [3.63, 3.8) is 0 Å². The van der Waals surface area contributed by atoms with Crippen LogP contribution in [0.25, 0.3) is 0 Å². The van der Waals surface area contributed by atoms with E-state index in [-0.39, 0.29) is 24.3 Å². The number of rotatable bonds is 17. The fraction of sp³-hybridized carbons (Fsp3) is 0.733. The van der Waals surface area contributed by atoms with Crippen molar-refractivity contribution in [2.24, 2.45) is 0 Å². The van der Waals surface area contributed by atoms with Crippen molar-refractivity contribution >= 4 is 24.1 Å².